The fourth-order valence-corrected chi connectivity index (χ4v) is 3.50. The summed E-state index contributed by atoms with van der Waals surface area (Å²) in [4.78, 5) is 16.0. The quantitative estimate of drug-likeness (QED) is 0.811. The lowest BCUT2D eigenvalue weighted by molar-refractivity contribution is -0.917. The molecule has 0 atom stereocenters. The minimum atomic E-state index is -0.268. The summed E-state index contributed by atoms with van der Waals surface area (Å²) in [5.41, 5.74) is 1.37. The number of ether oxygens (including phenoxy) is 3. The molecule has 0 saturated carbocycles. The second-order valence-corrected chi connectivity index (χ2v) is 6.74. The van der Waals surface area contributed by atoms with Gasteiger partial charge in [0.05, 0.1) is 58.6 Å². The van der Waals surface area contributed by atoms with Crippen molar-refractivity contribution >= 4 is 5.91 Å². The minimum Gasteiger partial charge on any atom is -0.497 e. The van der Waals surface area contributed by atoms with Gasteiger partial charge in [0.2, 0.25) is 0 Å². The van der Waals surface area contributed by atoms with Gasteiger partial charge in [-0.2, -0.15) is 0 Å². The van der Waals surface area contributed by atoms with E-state index in [1.54, 1.807) is 45.6 Å². The summed E-state index contributed by atoms with van der Waals surface area (Å²) < 4.78 is 29.5. The normalized spacial score (nSPS) is 14.6. The number of benzene rings is 2. The first-order valence-corrected chi connectivity index (χ1v) is 9.23. The van der Waals surface area contributed by atoms with Gasteiger partial charge in [-0.25, -0.2) is 4.39 Å². The number of carbonyl (C=O) groups excluding carboxylic acids is 1. The summed E-state index contributed by atoms with van der Waals surface area (Å²) >= 11 is 0. The zero-order valence-electron chi connectivity index (χ0n) is 16.5. The third kappa shape index (κ3) is 4.36. The third-order valence-corrected chi connectivity index (χ3v) is 5.08. The molecule has 0 bridgehead atoms. The van der Waals surface area contributed by atoms with Crippen LogP contribution in [0.1, 0.15) is 15.9 Å². The molecule has 0 radical (unpaired) electrons. The number of quaternary nitrogens is 1. The Labute approximate surface area is 164 Å². The number of hydrogen-bond donors (Lipinski definition) is 1. The Morgan fingerprint density at radius 1 is 1.00 bits per heavy atom. The third-order valence-electron chi connectivity index (χ3n) is 5.08. The predicted molar refractivity (Wildman–Crippen MR) is 103 cm³/mol. The van der Waals surface area contributed by atoms with Crippen molar-refractivity contribution in [2.45, 2.75) is 6.54 Å². The van der Waals surface area contributed by atoms with Crippen LogP contribution in [-0.4, -0.2) is 58.3 Å². The highest BCUT2D eigenvalue weighted by Gasteiger charge is 2.27. The van der Waals surface area contributed by atoms with Crippen LogP contribution in [0.15, 0.2) is 36.4 Å². The molecule has 150 valence electrons. The lowest BCUT2D eigenvalue weighted by Gasteiger charge is -2.32. The van der Waals surface area contributed by atoms with Crippen LogP contribution in [0.5, 0.6) is 17.2 Å². The highest BCUT2D eigenvalue weighted by Crippen LogP contribution is 2.26. The van der Waals surface area contributed by atoms with E-state index < -0.39 is 0 Å². The SMILES string of the molecule is COc1ccc(C(=O)N2CC[NH+](Cc3cc(F)ccc3OC)CC2)c(OC)c1. The van der Waals surface area contributed by atoms with E-state index in [0.717, 1.165) is 18.7 Å². The number of hydrogen-bond acceptors (Lipinski definition) is 4. The van der Waals surface area contributed by atoms with E-state index in [2.05, 4.69) is 0 Å². The highest BCUT2D eigenvalue weighted by atomic mass is 19.1. The molecule has 1 heterocycles. The Kier molecular flexibility index (Phi) is 6.36. The molecule has 6 nitrogen and oxygen atoms in total. The molecule has 0 spiro atoms. The summed E-state index contributed by atoms with van der Waals surface area (Å²) in [7, 11) is 4.71. The van der Waals surface area contributed by atoms with Crippen LogP contribution < -0.4 is 19.1 Å². The van der Waals surface area contributed by atoms with Crippen LogP contribution in [0, 0.1) is 5.82 Å². The van der Waals surface area contributed by atoms with Crippen molar-refractivity contribution in [3.63, 3.8) is 0 Å². The first kappa shape index (κ1) is 19.9. The number of carbonyl (C=O) groups is 1. The highest BCUT2D eigenvalue weighted by molar-refractivity contribution is 5.97. The average Bonchev–Trinajstić information content (AvgIpc) is 2.73. The lowest BCUT2D eigenvalue weighted by Crippen LogP contribution is -3.13. The summed E-state index contributed by atoms with van der Waals surface area (Å²) in [6.07, 6.45) is 0. The van der Waals surface area contributed by atoms with E-state index in [9.17, 15) is 9.18 Å². The fourth-order valence-electron chi connectivity index (χ4n) is 3.50. The van der Waals surface area contributed by atoms with Gasteiger partial charge < -0.3 is 24.0 Å². The Morgan fingerprint density at radius 2 is 1.71 bits per heavy atom. The molecule has 0 aromatic heterocycles. The van der Waals surface area contributed by atoms with Gasteiger partial charge in [0.25, 0.3) is 5.91 Å². The van der Waals surface area contributed by atoms with Crippen molar-refractivity contribution in [3.8, 4) is 17.2 Å². The van der Waals surface area contributed by atoms with Gasteiger partial charge in [-0.1, -0.05) is 0 Å². The molecule has 1 amide bonds. The monoisotopic (exact) mass is 389 g/mol. The smallest absolute Gasteiger partial charge is 0.258 e. The van der Waals surface area contributed by atoms with Crippen molar-refractivity contribution < 1.29 is 28.3 Å². The Morgan fingerprint density at radius 3 is 2.36 bits per heavy atom. The number of methoxy groups -OCH3 is 3. The van der Waals surface area contributed by atoms with E-state index >= 15 is 0 Å². The van der Waals surface area contributed by atoms with Gasteiger partial charge in [0.15, 0.2) is 0 Å². The molecule has 1 aliphatic heterocycles. The van der Waals surface area contributed by atoms with Gasteiger partial charge in [0.1, 0.15) is 29.6 Å². The molecule has 1 saturated heterocycles. The maximum Gasteiger partial charge on any atom is 0.258 e. The Bertz CT molecular complexity index is 835. The standard InChI is InChI=1S/C21H25FN2O4/c1-26-17-5-6-18(20(13-17)28-3)21(25)24-10-8-23(9-11-24)14-15-12-16(22)4-7-19(15)27-2/h4-7,12-13H,8-11,14H2,1-3H3/p+1. The second kappa shape index (κ2) is 8.93. The molecule has 1 fully saturated rings. The molecule has 0 unspecified atom stereocenters. The molecule has 2 aromatic rings. The van der Waals surface area contributed by atoms with Crippen molar-refractivity contribution in [2.75, 3.05) is 47.5 Å². The Hall–Kier alpha value is -2.80. The van der Waals surface area contributed by atoms with Crippen LogP contribution in [-0.2, 0) is 6.54 Å². The van der Waals surface area contributed by atoms with Crippen LogP contribution in [0.3, 0.4) is 0 Å². The van der Waals surface area contributed by atoms with Gasteiger partial charge in [-0.3, -0.25) is 4.79 Å². The first-order valence-electron chi connectivity index (χ1n) is 9.23. The number of nitrogens with one attached hydrogen (secondary N) is 1. The molecule has 1 aliphatic rings. The Balaban J connectivity index is 1.64. The number of halogens is 1. The topological polar surface area (TPSA) is 52.4 Å². The van der Waals surface area contributed by atoms with Gasteiger partial charge >= 0.3 is 0 Å². The average molecular weight is 389 g/mol. The van der Waals surface area contributed by atoms with E-state index in [1.807, 2.05) is 4.90 Å². The summed E-state index contributed by atoms with van der Waals surface area (Å²) in [6.45, 7) is 3.48. The number of nitrogens with zero attached hydrogens (tertiary/aromatic N) is 1. The first-order chi connectivity index (χ1) is 13.5. The zero-order chi connectivity index (χ0) is 20.1. The molecule has 3 rings (SSSR count). The van der Waals surface area contributed by atoms with Crippen molar-refractivity contribution in [2.24, 2.45) is 0 Å². The van der Waals surface area contributed by atoms with E-state index in [4.69, 9.17) is 14.2 Å². The van der Waals surface area contributed by atoms with E-state index in [-0.39, 0.29) is 11.7 Å². The van der Waals surface area contributed by atoms with Gasteiger partial charge in [-0.05, 0) is 30.3 Å². The van der Waals surface area contributed by atoms with E-state index in [0.29, 0.717) is 42.4 Å². The van der Waals surface area contributed by atoms with Crippen LogP contribution in [0.2, 0.25) is 0 Å². The van der Waals surface area contributed by atoms with Gasteiger partial charge in [-0.15, -0.1) is 0 Å². The number of piperazine rings is 1. The zero-order valence-corrected chi connectivity index (χ0v) is 16.5. The largest absolute Gasteiger partial charge is 0.497 e. The van der Waals surface area contributed by atoms with Crippen LogP contribution >= 0.6 is 0 Å². The summed E-state index contributed by atoms with van der Waals surface area (Å²) in [6, 6.07) is 9.78. The van der Waals surface area contributed by atoms with Gasteiger partial charge in [0, 0.05) is 6.07 Å². The lowest BCUT2D eigenvalue weighted by atomic mass is 10.1. The molecule has 2 aromatic carbocycles. The number of amides is 1. The molecular formula is C21H26FN2O4+. The number of rotatable bonds is 6. The van der Waals surface area contributed by atoms with Crippen molar-refractivity contribution in [1.29, 1.82) is 0 Å². The second-order valence-electron chi connectivity index (χ2n) is 6.74. The molecule has 0 aliphatic carbocycles. The minimum absolute atomic E-state index is 0.0538. The summed E-state index contributed by atoms with van der Waals surface area (Å²) in [5.74, 6) is 1.52. The predicted octanol–water partition coefficient (Wildman–Crippen LogP) is 1.39. The fraction of sp³-hybridized carbons (Fsp3) is 0.381. The molecular weight excluding hydrogens is 363 g/mol. The molecule has 1 N–H and O–H groups in total. The van der Waals surface area contributed by atoms with Crippen LogP contribution in [0.25, 0.3) is 0 Å². The van der Waals surface area contributed by atoms with Crippen molar-refractivity contribution in [3.05, 3.63) is 53.3 Å². The van der Waals surface area contributed by atoms with Crippen LogP contribution in [0.4, 0.5) is 4.39 Å². The molecule has 7 heteroatoms. The summed E-state index contributed by atoms with van der Waals surface area (Å²) in [5, 5.41) is 0. The maximum atomic E-state index is 13.6. The van der Waals surface area contributed by atoms with Crippen molar-refractivity contribution in [1.82, 2.24) is 4.90 Å². The molecule has 28 heavy (non-hydrogen) atoms. The maximum absolute atomic E-state index is 13.6. The van der Waals surface area contributed by atoms with E-state index in [1.165, 1.54) is 17.0 Å².